The van der Waals surface area contributed by atoms with E-state index in [0.717, 1.165) is 23.5 Å². The van der Waals surface area contributed by atoms with Crippen LogP contribution in [-0.4, -0.2) is 29.9 Å². The number of nitrogens with zero attached hydrogens (tertiary/aromatic N) is 1. The summed E-state index contributed by atoms with van der Waals surface area (Å²) in [5.41, 5.74) is 4.54. The van der Waals surface area contributed by atoms with Crippen molar-refractivity contribution in [3.8, 4) is 0 Å². The molecule has 1 saturated heterocycles. The van der Waals surface area contributed by atoms with Crippen molar-refractivity contribution in [2.24, 2.45) is 5.73 Å². The van der Waals surface area contributed by atoms with Gasteiger partial charge in [-0.3, -0.25) is 9.59 Å². The van der Waals surface area contributed by atoms with Gasteiger partial charge in [-0.25, -0.2) is 8.78 Å². The zero-order chi connectivity index (χ0) is 17.2. The lowest BCUT2D eigenvalue weighted by molar-refractivity contribution is -0.126. The number of amides is 2. The van der Waals surface area contributed by atoms with Gasteiger partial charge in [0.25, 0.3) is 0 Å². The fourth-order valence-corrected chi connectivity index (χ4v) is 2.75. The first kappa shape index (κ1) is 17.3. The van der Waals surface area contributed by atoms with Crippen LogP contribution < -0.4 is 16.0 Å². The number of benzene rings is 1. The molecule has 0 saturated carbocycles. The number of halogens is 2. The minimum Gasteiger partial charge on any atom is -0.349 e. The average Bonchev–Trinajstić information content (AvgIpc) is 2.79. The molecule has 1 fully saturated rings. The summed E-state index contributed by atoms with van der Waals surface area (Å²) < 4.78 is 27.6. The van der Waals surface area contributed by atoms with E-state index in [2.05, 4.69) is 5.32 Å². The molecule has 2 rings (SSSR count). The maximum absolute atomic E-state index is 13.8. The van der Waals surface area contributed by atoms with Gasteiger partial charge >= 0.3 is 0 Å². The van der Waals surface area contributed by atoms with Crippen molar-refractivity contribution in [2.75, 3.05) is 11.4 Å². The standard InChI is InChI=1S/C16H21F2N3O2/c1-3-7-16(2,19)15(23)20-10-8-13(22)21(9-10)14-11(17)5-4-6-12(14)18/h4-6,10H,3,7-9,19H2,1-2H3,(H,20,23). The predicted octanol–water partition coefficient (Wildman–Crippen LogP) is 1.70. The van der Waals surface area contributed by atoms with Crippen LogP contribution in [-0.2, 0) is 9.59 Å². The lowest BCUT2D eigenvalue weighted by atomic mass is 9.96. The molecular formula is C16H21F2N3O2. The Kier molecular flexibility index (Phi) is 4.99. The van der Waals surface area contributed by atoms with Crippen LogP contribution in [0.25, 0.3) is 0 Å². The molecule has 5 nitrogen and oxygen atoms in total. The van der Waals surface area contributed by atoms with Gasteiger partial charge in [0.2, 0.25) is 11.8 Å². The molecule has 1 aliphatic heterocycles. The molecule has 23 heavy (non-hydrogen) atoms. The van der Waals surface area contributed by atoms with Crippen molar-refractivity contribution in [1.29, 1.82) is 0 Å². The smallest absolute Gasteiger partial charge is 0.240 e. The molecule has 1 aliphatic rings. The molecule has 0 radical (unpaired) electrons. The molecule has 1 aromatic rings. The third-order valence-corrected chi connectivity index (χ3v) is 3.96. The average molecular weight is 325 g/mol. The summed E-state index contributed by atoms with van der Waals surface area (Å²) in [5, 5.41) is 2.70. The minimum atomic E-state index is -1.03. The van der Waals surface area contributed by atoms with E-state index < -0.39 is 29.1 Å². The molecule has 3 N–H and O–H groups in total. The Morgan fingerprint density at radius 1 is 1.43 bits per heavy atom. The van der Waals surface area contributed by atoms with E-state index >= 15 is 0 Å². The van der Waals surface area contributed by atoms with Gasteiger partial charge in [-0.15, -0.1) is 0 Å². The lowest BCUT2D eigenvalue weighted by Gasteiger charge is -2.25. The SMILES string of the molecule is CCCC(C)(N)C(=O)NC1CC(=O)N(c2c(F)cccc2F)C1. The highest BCUT2D eigenvalue weighted by Gasteiger charge is 2.37. The molecule has 7 heteroatoms. The topological polar surface area (TPSA) is 75.4 Å². The summed E-state index contributed by atoms with van der Waals surface area (Å²) in [4.78, 5) is 25.3. The molecule has 2 atom stereocenters. The van der Waals surface area contributed by atoms with Crippen LogP contribution in [0.4, 0.5) is 14.5 Å². The van der Waals surface area contributed by atoms with E-state index in [0.29, 0.717) is 6.42 Å². The lowest BCUT2D eigenvalue weighted by Crippen LogP contribution is -2.54. The zero-order valence-electron chi connectivity index (χ0n) is 13.2. The number of carbonyl (C=O) groups is 2. The molecule has 2 unspecified atom stereocenters. The second kappa shape index (κ2) is 6.62. The second-order valence-corrected chi connectivity index (χ2v) is 6.12. The van der Waals surface area contributed by atoms with Crippen LogP contribution in [0.15, 0.2) is 18.2 Å². The fraction of sp³-hybridized carbons (Fsp3) is 0.500. The fourth-order valence-electron chi connectivity index (χ4n) is 2.75. The number of rotatable bonds is 5. The van der Waals surface area contributed by atoms with Gasteiger partial charge in [0.1, 0.15) is 17.3 Å². The normalized spacial score (nSPS) is 20.5. The summed E-state index contributed by atoms with van der Waals surface area (Å²) in [6.07, 6.45) is 1.24. The summed E-state index contributed by atoms with van der Waals surface area (Å²) >= 11 is 0. The Bertz CT molecular complexity index is 599. The van der Waals surface area contributed by atoms with E-state index in [4.69, 9.17) is 5.73 Å². The third-order valence-electron chi connectivity index (χ3n) is 3.96. The Labute approximate surface area is 133 Å². The van der Waals surface area contributed by atoms with E-state index in [1.807, 2.05) is 6.92 Å². The largest absolute Gasteiger partial charge is 0.349 e. The van der Waals surface area contributed by atoms with Crippen molar-refractivity contribution >= 4 is 17.5 Å². The van der Waals surface area contributed by atoms with E-state index in [-0.39, 0.29) is 24.6 Å². The predicted molar refractivity (Wildman–Crippen MR) is 82.8 cm³/mol. The second-order valence-electron chi connectivity index (χ2n) is 6.12. The Balaban J connectivity index is 2.10. The first-order valence-corrected chi connectivity index (χ1v) is 7.60. The molecule has 0 bridgehead atoms. The van der Waals surface area contributed by atoms with Gasteiger partial charge in [-0.05, 0) is 25.5 Å². The number of hydrogen-bond acceptors (Lipinski definition) is 3. The van der Waals surface area contributed by atoms with Gasteiger partial charge in [0.05, 0.1) is 11.6 Å². The summed E-state index contributed by atoms with van der Waals surface area (Å²) in [7, 11) is 0. The van der Waals surface area contributed by atoms with E-state index in [1.165, 1.54) is 6.07 Å². The van der Waals surface area contributed by atoms with Crippen LogP contribution in [0.1, 0.15) is 33.1 Å². The van der Waals surface area contributed by atoms with Crippen LogP contribution in [0, 0.1) is 11.6 Å². The highest BCUT2D eigenvalue weighted by Crippen LogP contribution is 2.27. The maximum atomic E-state index is 13.8. The highest BCUT2D eigenvalue weighted by atomic mass is 19.1. The van der Waals surface area contributed by atoms with Crippen molar-refractivity contribution in [1.82, 2.24) is 5.32 Å². The number of nitrogens with one attached hydrogen (secondary N) is 1. The first-order chi connectivity index (χ1) is 10.8. The highest BCUT2D eigenvalue weighted by molar-refractivity contribution is 5.97. The summed E-state index contributed by atoms with van der Waals surface area (Å²) in [5.74, 6) is -2.42. The molecule has 1 heterocycles. The molecule has 0 aromatic heterocycles. The first-order valence-electron chi connectivity index (χ1n) is 7.60. The monoisotopic (exact) mass is 325 g/mol. The Morgan fingerprint density at radius 2 is 2.04 bits per heavy atom. The molecule has 126 valence electrons. The van der Waals surface area contributed by atoms with Crippen molar-refractivity contribution < 1.29 is 18.4 Å². The Hall–Kier alpha value is -2.02. The number of para-hydroxylation sites is 1. The molecule has 0 spiro atoms. The molecule has 1 aromatic carbocycles. The van der Waals surface area contributed by atoms with Gasteiger partial charge < -0.3 is 16.0 Å². The van der Waals surface area contributed by atoms with Crippen molar-refractivity contribution in [3.05, 3.63) is 29.8 Å². The summed E-state index contributed by atoms with van der Waals surface area (Å²) in [6, 6.07) is 2.90. The molecule has 0 aliphatic carbocycles. The zero-order valence-corrected chi connectivity index (χ0v) is 13.2. The van der Waals surface area contributed by atoms with Crippen LogP contribution >= 0.6 is 0 Å². The molecular weight excluding hydrogens is 304 g/mol. The minimum absolute atomic E-state index is 0.0122. The van der Waals surface area contributed by atoms with Gasteiger partial charge in [-0.1, -0.05) is 19.4 Å². The van der Waals surface area contributed by atoms with Crippen LogP contribution in [0.5, 0.6) is 0 Å². The van der Waals surface area contributed by atoms with Crippen molar-refractivity contribution in [3.63, 3.8) is 0 Å². The van der Waals surface area contributed by atoms with Gasteiger partial charge in [-0.2, -0.15) is 0 Å². The van der Waals surface area contributed by atoms with E-state index in [1.54, 1.807) is 6.92 Å². The number of nitrogens with two attached hydrogens (primary N) is 1. The Morgan fingerprint density at radius 3 is 2.61 bits per heavy atom. The third kappa shape index (κ3) is 3.67. The van der Waals surface area contributed by atoms with E-state index in [9.17, 15) is 18.4 Å². The van der Waals surface area contributed by atoms with Gasteiger partial charge in [0, 0.05) is 13.0 Å². The van der Waals surface area contributed by atoms with Crippen molar-refractivity contribution in [2.45, 2.75) is 44.7 Å². The van der Waals surface area contributed by atoms with Crippen LogP contribution in [0.3, 0.4) is 0 Å². The van der Waals surface area contributed by atoms with Crippen LogP contribution in [0.2, 0.25) is 0 Å². The number of anilines is 1. The molecule has 2 amide bonds. The maximum Gasteiger partial charge on any atom is 0.240 e. The number of hydrogen-bond donors (Lipinski definition) is 2. The quantitative estimate of drug-likeness (QED) is 0.865. The number of carbonyl (C=O) groups excluding carboxylic acids is 2. The van der Waals surface area contributed by atoms with Gasteiger partial charge in [0.15, 0.2) is 0 Å². The summed E-state index contributed by atoms with van der Waals surface area (Å²) in [6.45, 7) is 3.56.